The van der Waals surface area contributed by atoms with Gasteiger partial charge in [0.15, 0.2) is 0 Å². The van der Waals surface area contributed by atoms with Crippen molar-refractivity contribution in [3.63, 3.8) is 0 Å². The minimum absolute atomic E-state index is 0. The number of para-hydroxylation sites is 1. The van der Waals surface area contributed by atoms with Crippen LogP contribution >= 0.6 is 0 Å². The minimum atomic E-state index is 0. The molecule has 2 N–H and O–H groups in total. The van der Waals surface area contributed by atoms with Crippen molar-refractivity contribution in [3.8, 4) is 0 Å². The number of hydrogen-bond donors (Lipinski definition) is 2. The number of aromatic nitrogens is 2. The molecule has 5 heteroatoms. The molecular weight excluding hydrogens is 286 g/mol. The van der Waals surface area contributed by atoms with Gasteiger partial charge in [0.25, 0.3) is 0 Å². The molecule has 0 unspecified atom stereocenters. The zero-order chi connectivity index (χ0) is 11.4. The van der Waals surface area contributed by atoms with E-state index in [-0.39, 0.29) is 58.2 Å². The maximum Gasteiger partial charge on any atom is 1.00 e. The smallest absolute Gasteiger partial charge is 0.373 e. The monoisotopic (exact) mass is 298 g/mol. The summed E-state index contributed by atoms with van der Waals surface area (Å²) in [6, 6.07) is 10.7. The second kappa shape index (κ2) is 7.21. The second-order valence-corrected chi connectivity index (χ2v) is 3.38. The van der Waals surface area contributed by atoms with Crippen molar-refractivity contribution < 1.29 is 58.2 Å². The quantitative estimate of drug-likeness (QED) is 0.741. The van der Waals surface area contributed by atoms with E-state index in [2.05, 4.69) is 26.7 Å². The summed E-state index contributed by atoms with van der Waals surface area (Å²) in [5.41, 5.74) is 1.87. The third-order valence-electron chi connectivity index (χ3n) is 2.16. The van der Waals surface area contributed by atoms with Gasteiger partial charge in [0.05, 0.1) is 0 Å². The van der Waals surface area contributed by atoms with Gasteiger partial charge < -0.3 is 10.6 Å². The molecule has 0 fully saturated rings. The fourth-order valence-electron chi connectivity index (χ4n) is 1.35. The van der Waals surface area contributed by atoms with Gasteiger partial charge in [-0.1, -0.05) is 5.69 Å². The largest absolute Gasteiger partial charge is 1.00 e. The van der Waals surface area contributed by atoms with Crippen LogP contribution in [0.3, 0.4) is 0 Å². The van der Waals surface area contributed by atoms with E-state index in [1.54, 1.807) is 6.20 Å². The van der Waals surface area contributed by atoms with E-state index in [0.717, 1.165) is 17.1 Å². The molecule has 0 radical (unpaired) electrons. The van der Waals surface area contributed by atoms with E-state index in [1.165, 1.54) is 0 Å². The molecule has 82 valence electrons. The maximum atomic E-state index is 4.33. The van der Waals surface area contributed by atoms with Crippen LogP contribution in [0.5, 0.6) is 0 Å². The van der Waals surface area contributed by atoms with Crippen LogP contribution in [0.25, 0.3) is 0 Å². The van der Waals surface area contributed by atoms with Crippen LogP contribution in [0.1, 0.15) is 5.56 Å². The molecule has 0 saturated carbocycles. The fraction of sp³-hybridized carbons (Fsp3) is 0.167. The predicted octanol–water partition coefficient (Wildman–Crippen LogP) is -0.625. The molecule has 0 saturated heterocycles. The third-order valence-corrected chi connectivity index (χ3v) is 2.16. The Kier molecular flexibility index (Phi) is 6.26. The van der Waals surface area contributed by atoms with Gasteiger partial charge in [0.2, 0.25) is 5.95 Å². The second-order valence-electron chi connectivity index (χ2n) is 3.38. The number of nitrogens with one attached hydrogen (secondary N) is 2. The summed E-state index contributed by atoms with van der Waals surface area (Å²) in [6.45, 7) is 1.96. The molecule has 0 aliphatic carbocycles. The van der Waals surface area contributed by atoms with E-state index in [4.69, 9.17) is 0 Å². The van der Waals surface area contributed by atoms with E-state index in [1.807, 2.05) is 38.2 Å². The normalized spacial score (nSPS) is 9.29. The zero-order valence-electron chi connectivity index (χ0n) is 10.3. The van der Waals surface area contributed by atoms with Crippen molar-refractivity contribution in [3.05, 3.63) is 42.1 Å². The summed E-state index contributed by atoms with van der Waals surface area (Å²) in [7, 11) is 1.84. The SMILES string of the molecule is CNc1nc(Nc2[c-]cccc2)ncc1C.[Rb+]. The standard InChI is InChI=1S/C12H13N4.Rb/c1-9-8-14-12(16-11(9)13-2)15-10-6-4-3-5-7-10;/h3-6,8H,1-2H3,(H2,13,14,15,16);/q-1;+1. The minimum Gasteiger partial charge on any atom is -0.373 e. The molecule has 17 heavy (non-hydrogen) atoms. The average molecular weight is 299 g/mol. The van der Waals surface area contributed by atoms with Crippen LogP contribution < -0.4 is 68.8 Å². The Morgan fingerprint density at radius 2 is 2.12 bits per heavy atom. The van der Waals surface area contributed by atoms with Crippen LogP contribution in [0, 0.1) is 13.0 Å². The molecule has 1 heterocycles. The van der Waals surface area contributed by atoms with Gasteiger partial charge in [-0.15, -0.1) is 6.07 Å². The Balaban J connectivity index is 0.00000144. The zero-order valence-corrected chi connectivity index (χ0v) is 15.2. The van der Waals surface area contributed by atoms with Crippen LogP contribution in [0.15, 0.2) is 30.5 Å². The number of rotatable bonds is 3. The first-order valence-corrected chi connectivity index (χ1v) is 5.05. The van der Waals surface area contributed by atoms with Crippen molar-refractivity contribution in [2.45, 2.75) is 6.92 Å². The maximum absolute atomic E-state index is 4.33. The summed E-state index contributed by atoms with van der Waals surface area (Å²) < 4.78 is 0. The molecule has 2 aromatic rings. The van der Waals surface area contributed by atoms with Crippen molar-refractivity contribution in [2.75, 3.05) is 17.7 Å². The number of hydrogen-bond acceptors (Lipinski definition) is 4. The van der Waals surface area contributed by atoms with Gasteiger partial charge in [0.1, 0.15) is 5.82 Å². The summed E-state index contributed by atoms with van der Waals surface area (Å²) in [5.74, 6) is 1.39. The van der Waals surface area contributed by atoms with Crippen LogP contribution in [-0.2, 0) is 0 Å². The molecule has 1 aromatic carbocycles. The Hall–Kier alpha value is -0.295. The molecule has 0 bridgehead atoms. The summed E-state index contributed by atoms with van der Waals surface area (Å²) in [5, 5.41) is 6.11. The van der Waals surface area contributed by atoms with E-state index >= 15 is 0 Å². The van der Waals surface area contributed by atoms with Gasteiger partial charge in [-0.2, -0.15) is 29.2 Å². The molecule has 0 spiro atoms. The third kappa shape index (κ3) is 4.14. The van der Waals surface area contributed by atoms with Gasteiger partial charge >= 0.3 is 58.2 Å². The Morgan fingerprint density at radius 1 is 1.29 bits per heavy atom. The first-order valence-electron chi connectivity index (χ1n) is 5.05. The van der Waals surface area contributed by atoms with Gasteiger partial charge in [0, 0.05) is 18.8 Å². The average Bonchev–Trinajstić information content (AvgIpc) is 2.33. The van der Waals surface area contributed by atoms with Crippen molar-refractivity contribution in [1.29, 1.82) is 0 Å². The first-order chi connectivity index (χ1) is 7.79. The van der Waals surface area contributed by atoms with Crippen LogP contribution in [0.2, 0.25) is 0 Å². The summed E-state index contributed by atoms with van der Waals surface area (Å²) in [6.07, 6.45) is 1.78. The Bertz CT molecular complexity index is 473. The molecule has 0 amide bonds. The number of anilines is 3. The van der Waals surface area contributed by atoms with E-state index in [9.17, 15) is 0 Å². The molecule has 0 atom stereocenters. The Labute approximate surface area is 150 Å². The summed E-state index contributed by atoms with van der Waals surface area (Å²) in [4.78, 5) is 8.53. The van der Waals surface area contributed by atoms with Gasteiger partial charge in [-0.25, -0.2) is 4.98 Å². The molecule has 2 rings (SSSR count). The van der Waals surface area contributed by atoms with Gasteiger partial charge in [-0.05, 0) is 6.92 Å². The number of benzene rings is 1. The fourth-order valence-corrected chi connectivity index (χ4v) is 1.35. The molecular formula is C12H13N4Rb. The van der Waals surface area contributed by atoms with Crippen molar-refractivity contribution in [1.82, 2.24) is 9.97 Å². The van der Waals surface area contributed by atoms with Crippen LogP contribution in [-0.4, -0.2) is 17.0 Å². The van der Waals surface area contributed by atoms with E-state index in [0.29, 0.717) is 5.95 Å². The topological polar surface area (TPSA) is 49.8 Å². The summed E-state index contributed by atoms with van der Waals surface area (Å²) >= 11 is 0. The number of aryl methyl sites for hydroxylation is 1. The van der Waals surface area contributed by atoms with E-state index < -0.39 is 0 Å². The Morgan fingerprint density at radius 3 is 2.76 bits per heavy atom. The molecule has 4 nitrogen and oxygen atoms in total. The molecule has 0 aliphatic rings. The van der Waals surface area contributed by atoms with Crippen molar-refractivity contribution >= 4 is 17.5 Å². The van der Waals surface area contributed by atoms with Crippen molar-refractivity contribution in [2.24, 2.45) is 0 Å². The van der Waals surface area contributed by atoms with Gasteiger partial charge in [-0.3, -0.25) is 0 Å². The predicted molar refractivity (Wildman–Crippen MR) is 64.9 cm³/mol. The molecule has 0 aliphatic heterocycles. The van der Waals surface area contributed by atoms with Crippen LogP contribution in [0.4, 0.5) is 17.5 Å². The number of nitrogens with zero attached hydrogens (tertiary/aromatic N) is 2. The molecule has 1 aromatic heterocycles. The first kappa shape index (κ1) is 14.8.